The van der Waals surface area contributed by atoms with E-state index in [2.05, 4.69) is 5.32 Å². The third-order valence-electron chi connectivity index (χ3n) is 8.89. The highest BCUT2D eigenvalue weighted by Crippen LogP contribution is 2.40. The van der Waals surface area contributed by atoms with Gasteiger partial charge in [0, 0.05) is 35.2 Å². The summed E-state index contributed by atoms with van der Waals surface area (Å²) >= 11 is 1.69. The molecule has 2 N–H and O–H groups in total. The van der Waals surface area contributed by atoms with Crippen LogP contribution in [0.1, 0.15) is 68.7 Å². The molecule has 1 saturated heterocycles. The number of amides is 3. The summed E-state index contributed by atoms with van der Waals surface area (Å²) < 4.78 is 13.1. The van der Waals surface area contributed by atoms with Crippen molar-refractivity contribution >= 4 is 35.2 Å². The molecule has 9 heteroatoms. The summed E-state index contributed by atoms with van der Waals surface area (Å²) in [5.41, 5.74) is 7.22. The quantitative estimate of drug-likeness (QED) is 0.114. The molecule has 2 aliphatic heterocycles. The van der Waals surface area contributed by atoms with Gasteiger partial charge in [0.1, 0.15) is 0 Å². The number of hydrogen-bond acceptors (Lipinski definition) is 7. The number of aliphatic hydroxyl groups is 1. The van der Waals surface area contributed by atoms with E-state index in [1.54, 1.807) is 36.0 Å². The summed E-state index contributed by atoms with van der Waals surface area (Å²) in [5, 5.41) is 12.3. The number of rotatable bonds is 10. The van der Waals surface area contributed by atoms with Crippen molar-refractivity contribution in [2.45, 2.75) is 49.9 Å². The lowest BCUT2D eigenvalue weighted by atomic mass is 9.99. The van der Waals surface area contributed by atoms with E-state index in [1.807, 2.05) is 97.1 Å². The molecule has 50 heavy (non-hydrogen) atoms. The first kappa shape index (κ1) is 33.4. The zero-order chi connectivity index (χ0) is 34.6. The Labute approximate surface area is 295 Å². The van der Waals surface area contributed by atoms with E-state index in [9.17, 15) is 19.5 Å². The van der Waals surface area contributed by atoms with Crippen LogP contribution in [0.2, 0.25) is 0 Å². The molecule has 0 saturated carbocycles. The Kier molecular flexibility index (Phi) is 9.91. The van der Waals surface area contributed by atoms with Gasteiger partial charge in [-0.15, -0.1) is 11.8 Å². The van der Waals surface area contributed by atoms with Crippen LogP contribution in [-0.2, 0) is 27.4 Å². The van der Waals surface area contributed by atoms with Gasteiger partial charge < -0.3 is 19.9 Å². The van der Waals surface area contributed by atoms with E-state index in [1.165, 1.54) is 11.8 Å². The van der Waals surface area contributed by atoms with Crippen molar-refractivity contribution in [3.05, 3.63) is 155 Å². The van der Waals surface area contributed by atoms with Crippen LogP contribution in [-0.4, -0.2) is 39.6 Å². The number of nitrogens with one attached hydrogen (secondary N) is 1. The van der Waals surface area contributed by atoms with Gasteiger partial charge in [0.25, 0.3) is 11.8 Å². The highest BCUT2D eigenvalue weighted by atomic mass is 32.2. The summed E-state index contributed by atoms with van der Waals surface area (Å²) in [4.78, 5) is 39.6. The Hall–Kier alpha value is -5.06. The first-order chi connectivity index (χ1) is 24.3. The molecule has 0 radical (unpaired) electrons. The first-order valence-corrected chi connectivity index (χ1v) is 17.5. The molecular formula is C41H36N2O6S. The van der Waals surface area contributed by atoms with Gasteiger partial charge in [-0.2, -0.15) is 0 Å². The predicted molar refractivity (Wildman–Crippen MR) is 192 cm³/mol. The number of thioether (sulfide) groups is 1. The van der Waals surface area contributed by atoms with Crippen LogP contribution in [0.3, 0.4) is 0 Å². The number of aliphatic hydroxyl groups excluding tert-OH is 1. The number of imide groups is 1. The smallest absolute Gasteiger partial charge is 0.261 e. The van der Waals surface area contributed by atoms with Crippen LogP contribution >= 0.6 is 11.8 Å². The molecule has 5 aromatic carbocycles. The zero-order valence-electron chi connectivity index (χ0n) is 27.5. The molecule has 0 aliphatic carbocycles. The molecule has 5 aromatic rings. The Morgan fingerprint density at radius 3 is 2.12 bits per heavy atom. The lowest BCUT2D eigenvalue weighted by Gasteiger charge is -2.36. The molecule has 2 aliphatic rings. The van der Waals surface area contributed by atoms with Crippen molar-refractivity contribution in [3.8, 4) is 11.1 Å². The number of ether oxygens (including phenoxy) is 2. The van der Waals surface area contributed by atoms with Crippen molar-refractivity contribution in [1.82, 2.24) is 4.90 Å². The SMILES string of the molecule is CC(=O)Nc1ccc(SC[C@@H]2C[C@H](c3ccc(CO)cc3)O[C@H](c3ccc(-c4cccc(CN5C(=O)c6ccccc6C5=O)c4)cc3)O2)cc1. The second kappa shape index (κ2) is 14.8. The van der Waals surface area contributed by atoms with E-state index >= 15 is 0 Å². The van der Waals surface area contributed by atoms with Crippen molar-refractivity contribution in [2.24, 2.45) is 0 Å². The van der Waals surface area contributed by atoms with Crippen LogP contribution < -0.4 is 5.32 Å². The second-order valence-corrected chi connectivity index (χ2v) is 13.5. The maximum absolute atomic E-state index is 12.9. The van der Waals surface area contributed by atoms with Crippen LogP contribution in [0.4, 0.5) is 5.69 Å². The molecule has 0 unspecified atom stereocenters. The third-order valence-corrected chi connectivity index (χ3v) is 10.0. The fraction of sp³-hybridized carbons (Fsp3) is 0.195. The fourth-order valence-electron chi connectivity index (χ4n) is 6.30. The van der Waals surface area contributed by atoms with Gasteiger partial charge in [-0.25, -0.2) is 0 Å². The molecular weight excluding hydrogens is 649 g/mol. The van der Waals surface area contributed by atoms with E-state index in [4.69, 9.17) is 9.47 Å². The maximum atomic E-state index is 12.9. The fourth-order valence-corrected chi connectivity index (χ4v) is 7.22. The van der Waals surface area contributed by atoms with E-state index in [-0.39, 0.29) is 43.1 Å². The monoisotopic (exact) mass is 684 g/mol. The number of anilines is 1. The topological polar surface area (TPSA) is 105 Å². The molecule has 3 atom stereocenters. The molecule has 0 spiro atoms. The van der Waals surface area contributed by atoms with Crippen LogP contribution in [0.5, 0.6) is 0 Å². The van der Waals surface area contributed by atoms with Gasteiger partial charge in [-0.1, -0.05) is 78.9 Å². The van der Waals surface area contributed by atoms with Gasteiger partial charge in [0.2, 0.25) is 5.91 Å². The average molecular weight is 685 g/mol. The van der Waals surface area contributed by atoms with Gasteiger partial charge in [-0.05, 0) is 70.3 Å². The van der Waals surface area contributed by atoms with Crippen LogP contribution in [0.25, 0.3) is 11.1 Å². The summed E-state index contributed by atoms with van der Waals surface area (Å²) in [6.07, 6.45) is -0.222. The standard InChI is InChI=1S/C41H36N2O6S/c1-26(45)42-33-17-19-35(20-18-33)50-25-34-22-38(30-11-9-27(24-44)10-12-30)49-41(48-34)31-15-13-29(14-16-31)32-6-4-5-28(21-32)23-43-39(46)36-7-2-3-8-37(36)40(43)47/h2-21,34,38,41,44H,22-25H2,1H3,(H,42,45)/t34-,38+,41+/m0/s1. The van der Waals surface area contributed by atoms with Crippen molar-refractivity contribution in [3.63, 3.8) is 0 Å². The van der Waals surface area contributed by atoms with E-state index in [0.717, 1.165) is 44.0 Å². The average Bonchev–Trinajstić information content (AvgIpc) is 3.39. The minimum absolute atomic E-state index is 0.0183. The largest absolute Gasteiger partial charge is 0.392 e. The Morgan fingerprint density at radius 2 is 1.46 bits per heavy atom. The number of nitrogens with zero attached hydrogens (tertiary/aromatic N) is 1. The third kappa shape index (κ3) is 7.41. The van der Waals surface area contributed by atoms with Gasteiger partial charge in [0.05, 0.1) is 36.5 Å². The number of hydrogen-bond donors (Lipinski definition) is 2. The lowest BCUT2D eigenvalue weighted by molar-refractivity contribution is -0.245. The molecule has 2 heterocycles. The second-order valence-electron chi connectivity index (χ2n) is 12.4. The summed E-state index contributed by atoms with van der Waals surface area (Å²) in [5.74, 6) is 0.0630. The van der Waals surface area contributed by atoms with Crippen LogP contribution in [0, 0.1) is 0 Å². The zero-order valence-corrected chi connectivity index (χ0v) is 28.3. The van der Waals surface area contributed by atoms with E-state index < -0.39 is 6.29 Å². The molecule has 7 rings (SSSR count). The minimum atomic E-state index is -0.590. The highest BCUT2D eigenvalue weighted by Gasteiger charge is 2.35. The molecule has 3 amide bonds. The molecule has 1 fully saturated rings. The summed E-state index contributed by atoms with van der Waals surface area (Å²) in [7, 11) is 0. The number of carbonyl (C=O) groups excluding carboxylic acids is 3. The predicted octanol–water partition coefficient (Wildman–Crippen LogP) is 7.94. The number of benzene rings is 5. The minimum Gasteiger partial charge on any atom is -0.392 e. The first-order valence-electron chi connectivity index (χ1n) is 16.5. The van der Waals surface area contributed by atoms with Crippen molar-refractivity contribution in [2.75, 3.05) is 11.1 Å². The Morgan fingerprint density at radius 1 is 0.780 bits per heavy atom. The molecule has 0 bridgehead atoms. The van der Waals surface area contributed by atoms with Crippen molar-refractivity contribution < 1.29 is 29.0 Å². The highest BCUT2D eigenvalue weighted by molar-refractivity contribution is 7.99. The van der Waals surface area contributed by atoms with Gasteiger partial charge in [0.15, 0.2) is 6.29 Å². The lowest BCUT2D eigenvalue weighted by Crippen LogP contribution is -2.31. The molecule has 252 valence electrons. The van der Waals surface area contributed by atoms with Crippen molar-refractivity contribution in [1.29, 1.82) is 0 Å². The van der Waals surface area contributed by atoms with E-state index in [0.29, 0.717) is 23.3 Å². The van der Waals surface area contributed by atoms with Gasteiger partial charge in [-0.3, -0.25) is 19.3 Å². The molecule has 0 aromatic heterocycles. The van der Waals surface area contributed by atoms with Crippen LogP contribution in [0.15, 0.2) is 126 Å². The summed E-state index contributed by atoms with van der Waals surface area (Å²) in [6, 6.07) is 38.5. The Balaban J connectivity index is 1.06. The normalized spacial score (nSPS) is 18.6. The number of fused-ring (bicyclic) bond motifs is 1. The molecule has 8 nitrogen and oxygen atoms in total. The Bertz CT molecular complexity index is 1980. The van der Waals surface area contributed by atoms with Gasteiger partial charge >= 0.3 is 0 Å². The summed E-state index contributed by atoms with van der Waals surface area (Å²) in [6.45, 7) is 1.67. The maximum Gasteiger partial charge on any atom is 0.261 e. The number of carbonyl (C=O) groups is 3.